The van der Waals surface area contributed by atoms with Crippen molar-refractivity contribution in [2.24, 2.45) is 5.41 Å². The number of nitrogens with one attached hydrogen (secondary N) is 1. The molecule has 1 saturated carbocycles. The van der Waals surface area contributed by atoms with Gasteiger partial charge in [-0.2, -0.15) is 0 Å². The molecule has 0 aliphatic heterocycles. The van der Waals surface area contributed by atoms with Crippen molar-refractivity contribution >= 4 is 5.95 Å². The zero-order valence-electron chi connectivity index (χ0n) is 11.4. The molecular weight excluding hydrogens is 210 g/mol. The van der Waals surface area contributed by atoms with Crippen LogP contribution in [0.15, 0.2) is 12.4 Å². The molecule has 0 atom stereocenters. The second-order valence-electron chi connectivity index (χ2n) is 6.42. The Hall–Kier alpha value is -0.990. The summed E-state index contributed by atoms with van der Waals surface area (Å²) in [6.07, 6.45) is 10.7. The Morgan fingerprint density at radius 1 is 1.29 bits per heavy atom. The number of nitrogens with zero attached hydrogens (tertiary/aromatic N) is 2. The maximum absolute atomic E-state index is 4.45. The van der Waals surface area contributed by atoms with Crippen LogP contribution in [0.3, 0.4) is 0 Å². The van der Waals surface area contributed by atoms with E-state index in [1.54, 1.807) is 0 Å². The van der Waals surface area contributed by atoms with Crippen molar-refractivity contribution in [2.45, 2.75) is 65.5 Å². The van der Waals surface area contributed by atoms with Crippen LogP contribution in [0.25, 0.3) is 0 Å². The number of anilines is 1. The lowest BCUT2D eigenvalue weighted by Crippen LogP contribution is -2.25. The van der Waals surface area contributed by atoms with E-state index in [4.69, 9.17) is 0 Å². The van der Waals surface area contributed by atoms with Gasteiger partial charge in [-0.05, 0) is 18.3 Å². The van der Waals surface area contributed by atoms with Crippen LogP contribution in [0.4, 0.5) is 5.95 Å². The Balaban J connectivity index is 1.98. The van der Waals surface area contributed by atoms with Gasteiger partial charge < -0.3 is 9.88 Å². The molecule has 1 aromatic rings. The van der Waals surface area contributed by atoms with Crippen LogP contribution in [0.2, 0.25) is 0 Å². The van der Waals surface area contributed by atoms with Crippen LogP contribution in [0.1, 0.15) is 52.9 Å². The molecule has 3 heteroatoms. The molecule has 0 aromatic carbocycles. The van der Waals surface area contributed by atoms with Crippen molar-refractivity contribution in [1.29, 1.82) is 0 Å². The second-order valence-corrected chi connectivity index (χ2v) is 6.42. The molecule has 0 radical (unpaired) electrons. The third-order valence-electron chi connectivity index (χ3n) is 3.30. The fourth-order valence-electron chi connectivity index (χ4n) is 2.52. The number of hydrogen-bond donors (Lipinski definition) is 1. The summed E-state index contributed by atoms with van der Waals surface area (Å²) in [6, 6.07) is 0.630. The Morgan fingerprint density at radius 2 is 2.00 bits per heavy atom. The predicted octanol–water partition coefficient (Wildman–Crippen LogP) is 3.67. The van der Waals surface area contributed by atoms with Gasteiger partial charge in [0.05, 0.1) is 0 Å². The van der Waals surface area contributed by atoms with Crippen molar-refractivity contribution in [3.8, 4) is 0 Å². The molecule has 0 saturated heterocycles. The molecule has 1 N–H and O–H groups in total. The summed E-state index contributed by atoms with van der Waals surface area (Å²) in [5.41, 5.74) is 0.295. The molecule has 1 aliphatic rings. The molecule has 0 bridgehead atoms. The molecule has 0 spiro atoms. The summed E-state index contributed by atoms with van der Waals surface area (Å²) in [7, 11) is 0. The minimum absolute atomic E-state index is 0.295. The minimum atomic E-state index is 0.295. The van der Waals surface area contributed by atoms with E-state index in [0.717, 1.165) is 12.5 Å². The summed E-state index contributed by atoms with van der Waals surface area (Å²) < 4.78 is 2.24. The first-order chi connectivity index (χ1) is 8.04. The second kappa shape index (κ2) is 5.11. The molecule has 0 amide bonds. The Morgan fingerprint density at radius 3 is 2.65 bits per heavy atom. The summed E-state index contributed by atoms with van der Waals surface area (Å²) in [5, 5.41) is 3.60. The molecule has 2 rings (SSSR count). The molecule has 1 aliphatic carbocycles. The average Bonchev–Trinajstić information content (AvgIpc) is 2.65. The molecule has 1 fully saturated rings. The molecular formula is C14H25N3. The van der Waals surface area contributed by atoms with Gasteiger partial charge >= 0.3 is 0 Å². The van der Waals surface area contributed by atoms with E-state index in [9.17, 15) is 0 Å². The molecule has 96 valence electrons. The highest BCUT2D eigenvalue weighted by molar-refractivity contribution is 5.27. The van der Waals surface area contributed by atoms with Gasteiger partial charge in [0, 0.05) is 25.0 Å². The largest absolute Gasteiger partial charge is 0.353 e. The fraction of sp³-hybridized carbons (Fsp3) is 0.786. The average molecular weight is 235 g/mol. The monoisotopic (exact) mass is 235 g/mol. The highest BCUT2D eigenvalue weighted by atomic mass is 15.2. The number of imidazole rings is 1. The maximum Gasteiger partial charge on any atom is 0.203 e. The number of aromatic nitrogens is 2. The summed E-state index contributed by atoms with van der Waals surface area (Å²) in [4.78, 5) is 4.45. The van der Waals surface area contributed by atoms with E-state index in [-0.39, 0.29) is 0 Å². The lowest BCUT2D eigenvalue weighted by Gasteiger charge is -2.25. The quantitative estimate of drug-likeness (QED) is 0.866. The van der Waals surface area contributed by atoms with Gasteiger partial charge in [-0.1, -0.05) is 40.0 Å². The minimum Gasteiger partial charge on any atom is -0.353 e. The summed E-state index contributed by atoms with van der Waals surface area (Å²) in [5.74, 6) is 1.05. The van der Waals surface area contributed by atoms with Crippen LogP contribution in [-0.4, -0.2) is 15.6 Å². The zero-order chi connectivity index (χ0) is 12.3. The number of hydrogen-bond acceptors (Lipinski definition) is 2. The first-order valence-electron chi connectivity index (χ1n) is 6.82. The van der Waals surface area contributed by atoms with Crippen molar-refractivity contribution in [1.82, 2.24) is 9.55 Å². The predicted molar refractivity (Wildman–Crippen MR) is 72.2 cm³/mol. The molecule has 0 unspecified atom stereocenters. The first-order valence-corrected chi connectivity index (χ1v) is 6.82. The smallest absolute Gasteiger partial charge is 0.203 e. The van der Waals surface area contributed by atoms with Crippen molar-refractivity contribution in [3.63, 3.8) is 0 Å². The third kappa shape index (κ3) is 3.76. The lowest BCUT2D eigenvalue weighted by molar-refractivity contribution is 0.344. The zero-order valence-corrected chi connectivity index (χ0v) is 11.4. The van der Waals surface area contributed by atoms with Gasteiger partial charge in [-0.3, -0.25) is 0 Å². The fourth-order valence-corrected chi connectivity index (χ4v) is 2.52. The van der Waals surface area contributed by atoms with E-state index in [1.165, 1.54) is 32.1 Å². The van der Waals surface area contributed by atoms with Crippen molar-refractivity contribution in [2.75, 3.05) is 5.32 Å². The van der Waals surface area contributed by atoms with E-state index in [2.05, 4.69) is 41.8 Å². The SMILES string of the molecule is CC(C)(C)Cn1ccnc1NC1CCCCC1. The van der Waals surface area contributed by atoms with Crippen LogP contribution in [-0.2, 0) is 6.54 Å². The van der Waals surface area contributed by atoms with Gasteiger partial charge in [0.2, 0.25) is 5.95 Å². The van der Waals surface area contributed by atoms with E-state index in [0.29, 0.717) is 11.5 Å². The summed E-state index contributed by atoms with van der Waals surface area (Å²) >= 11 is 0. The number of rotatable bonds is 3. The standard InChI is InChI=1S/C14H25N3/c1-14(2,3)11-17-10-9-15-13(17)16-12-7-5-4-6-8-12/h9-10,12H,4-8,11H2,1-3H3,(H,15,16). The van der Waals surface area contributed by atoms with Gasteiger partial charge in [0.15, 0.2) is 0 Å². The Labute approximate surface area is 105 Å². The Bertz CT molecular complexity index is 343. The van der Waals surface area contributed by atoms with Crippen LogP contribution in [0, 0.1) is 5.41 Å². The van der Waals surface area contributed by atoms with Crippen LogP contribution >= 0.6 is 0 Å². The normalized spacial score (nSPS) is 18.3. The molecule has 17 heavy (non-hydrogen) atoms. The molecule has 1 aromatic heterocycles. The topological polar surface area (TPSA) is 29.9 Å². The highest BCUT2D eigenvalue weighted by Crippen LogP contribution is 2.23. The van der Waals surface area contributed by atoms with E-state index in [1.807, 2.05) is 6.20 Å². The summed E-state index contributed by atoms with van der Waals surface area (Å²) in [6.45, 7) is 7.80. The van der Waals surface area contributed by atoms with E-state index >= 15 is 0 Å². The van der Waals surface area contributed by atoms with Gasteiger partial charge in [-0.25, -0.2) is 4.98 Å². The highest BCUT2D eigenvalue weighted by Gasteiger charge is 2.17. The lowest BCUT2D eigenvalue weighted by atomic mass is 9.95. The van der Waals surface area contributed by atoms with E-state index < -0.39 is 0 Å². The van der Waals surface area contributed by atoms with Gasteiger partial charge in [0.1, 0.15) is 0 Å². The Kier molecular flexibility index (Phi) is 3.75. The van der Waals surface area contributed by atoms with Gasteiger partial charge in [0.25, 0.3) is 0 Å². The molecule has 3 nitrogen and oxygen atoms in total. The molecule has 1 heterocycles. The van der Waals surface area contributed by atoms with Crippen LogP contribution < -0.4 is 5.32 Å². The first kappa shape index (κ1) is 12.5. The third-order valence-corrected chi connectivity index (χ3v) is 3.30. The maximum atomic E-state index is 4.45. The van der Waals surface area contributed by atoms with Crippen molar-refractivity contribution < 1.29 is 0 Å². The van der Waals surface area contributed by atoms with Gasteiger partial charge in [-0.15, -0.1) is 0 Å². The van der Waals surface area contributed by atoms with Crippen LogP contribution in [0.5, 0.6) is 0 Å². The van der Waals surface area contributed by atoms with Crippen molar-refractivity contribution in [3.05, 3.63) is 12.4 Å².